The van der Waals surface area contributed by atoms with Crippen molar-refractivity contribution in [3.63, 3.8) is 0 Å². The second-order valence-electron chi connectivity index (χ2n) is 6.20. The van der Waals surface area contributed by atoms with Crippen molar-refractivity contribution in [2.24, 2.45) is 0 Å². The maximum atomic E-state index is 10.1. The van der Waals surface area contributed by atoms with Crippen molar-refractivity contribution in [3.05, 3.63) is 54.2 Å². The van der Waals surface area contributed by atoms with Crippen LogP contribution < -0.4 is 5.32 Å². The molecule has 0 unspecified atom stereocenters. The second kappa shape index (κ2) is 6.45. The minimum atomic E-state index is 0.344. The molecule has 5 nitrogen and oxygen atoms in total. The third-order valence-corrected chi connectivity index (χ3v) is 4.39. The van der Waals surface area contributed by atoms with Gasteiger partial charge in [-0.1, -0.05) is 12.1 Å². The van der Waals surface area contributed by atoms with E-state index in [1.807, 2.05) is 36.4 Å². The van der Waals surface area contributed by atoms with E-state index >= 15 is 0 Å². The van der Waals surface area contributed by atoms with E-state index < -0.39 is 0 Å². The highest BCUT2D eigenvalue weighted by molar-refractivity contribution is 5.76. The molecule has 0 saturated carbocycles. The molecule has 1 saturated heterocycles. The highest BCUT2D eigenvalue weighted by Gasteiger charge is 2.14. The van der Waals surface area contributed by atoms with Gasteiger partial charge in [-0.05, 0) is 56.3 Å². The van der Waals surface area contributed by atoms with Crippen molar-refractivity contribution >= 4 is 22.5 Å². The average Bonchev–Trinajstić information content (AvgIpc) is 3.11. The number of benzene rings is 2. The minimum Gasteiger partial charge on any atom is -0.508 e. The predicted molar refractivity (Wildman–Crippen MR) is 95.4 cm³/mol. The number of nitrogens with one attached hydrogen (secondary N) is 1. The summed E-state index contributed by atoms with van der Waals surface area (Å²) in [6, 6.07) is 13.4. The monoisotopic (exact) mass is 320 g/mol. The normalized spacial score (nSPS) is 15.0. The number of likely N-dealkylation sites (tertiary alicyclic amines) is 1. The molecule has 2 aromatic carbocycles. The number of hydrogen-bond donors (Lipinski definition) is 2. The maximum Gasteiger partial charge on any atom is 0.149 e. The first kappa shape index (κ1) is 14.9. The van der Waals surface area contributed by atoms with E-state index in [4.69, 9.17) is 0 Å². The third kappa shape index (κ3) is 3.16. The summed E-state index contributed by atoms with van der Waals surface area (Å²) in [6.07, 6.45) is 4.21. The van der Waals surface area contributed by atoms with Gasteiger partial charge in [0.05, 0.1) is 17.2 Å². The fourth-order valence-electron chi connectivity index (χ4n) is 3.14. The molecular weight excluding hydrogens is 300 g/mol. The van der Waals surface area contributed by atoms with Crippen LogP contribution in [0.3, 0.4) is 0 Å². The second-order valence-corrected chi connectivity index (χ2v) is 6.20. The van der Waals surface area contributed by atoms with Crippen molar-refractivity contribution in [2.75, 3.05) is 18.4 Å². The fourth-order valence-corrected chi connectivity index (χ4v) is 3.14. The first-order chi connectivity index (χ1) is 11.8. The molecule has 0 bridgehead atoms. The smallest absolute Gasteiger partial charge is 0.149 e. The van der Waals surface area contributed by atoms with Gasteiger partial charge in [0.2, 0.25) is 0 Å². The Morgan fingerprint density at radius 1 is 1.04 bits per heavy atom. The summed E-state index contributed by atoms with van der Waals surface area (Å²) in [6.45, 7) is 2.99. The van der Waals surface area contributed by atoms with Crippen LogP contribution in [0.2, 0.25) is 0 Å². The van der Waals surface area contributed by atoms with Gasteiger partial charge in [0.25, 0.3) is 0 Å². The summed E-state index contributed by atoms with van der Waals surface area (Å²) in [5, 5.41) is 13.4. The quantitative estimate of drug-likeness (QED) is 0.718. The Hall–Kier alpha value is -2.66. The summed E-state index contributed by atoms with van der Waals surface area (Å²) in [5.41, 5.74) is 3.59. The lowest BCUT2D eigenvalue weighted by molar-refractivity contribution is 0.324. The first-order valence-corrected chi connectivity index (χ1v) is 8.31. The molecule has 0 aliphatic carbocycles. The number of anilines is 2. The van der Waals surface area contributed by atoms with Crippen LogP contribution in [0.4, 0.5) is 11.5 Å². The van der Waals surface area contributed by atoms with Gasteiger partial charge in [-0.2, -0.15) is 0 Å². The van der Waals surface area contributed by atoms with E-state index in [9.17, 15) is 5.11 Å². The Morgan fingerprint density at radius 3 is 2.67 bits per heavy atom. The van der Waals surface area contributed by atoms with E-state index in [0.717, 1.165) is 41.9 Å². The number of para-hydroxylation sites is 2. The Kier molecular flexibility index (Phi) is 4.01. The molecule has 24 heavy (non-hydrogen) atoms. The first-order valence-electron chi connectivity index (χ1n) is 8.31. The van der Waals surface area contributed by atoms with E-state index in [0.29, 0.717) is 11.6 Å². The van der Waals surface area contributed by atoms with Gasteiger partial charge in [-0.15, -0.1) is 0 Å². The standard InChI is InChI=1S/C19H20N4O/c24-18-8-7-15(11-14(18)13-23-9-3-4-10-23)21-19-12-20-16-5-1-2-6-17(16)22-19/h1-2,5-8,11-12,24H,3-4,9-10,13H2,(H,21,22). The number of hydrogen-bond acceptors (Lipinski definition) is 5. The number of phenols is 1. The molecule has 122 valence electrons. The van der Waals surface area contributed by atoms with Crippen LogP contribution in [0.25, 0.3) is 11.0 Å². The van der Waals surface area contributed by atoms with Crippen LogP contribution in [-0.4, -0.2) is 33.1 Å². The van der Waals surface area contributed by atoms with Crippen molar-refractivity contribution in [1.82, 2.24) is 14.9 Å². The molecule has 5 heteroatoms. The summed E-state index contributed by atoms with van der Waals surface area (Å²) in [4.78, 5) is 11.4. The maximum absolute atomic E-state index is 10.1. The third-order valence-electron chi connectivity index (χ3n) is 4.39. The van der Waals surface area contributed by atoms with E-state index in [1.54, 1.807) is 12.3 Å². The summed E-state index contributed by atoms with van der Waals surface area (Å²) < 4.78 is 0. The number of fused-ring (bicyclic) bond motifs is 1. The molecule has 1 aliphatic rings. The molecule has 1 fully saturated rings. The number of aromatic hydroxyl groups is 1. The number of nitrogens with zero attached hydrogens (tertiary/aromatic N) is 3. The number of phenolic OH excluding ortho intramolecular Hbond substituents is 1. The van der Waals surface area contributed by atoms with Gasteiger partial charge in [-0.3, -0.25) is 9.88 Å². The Labute approximate surface area is 141 Å². The van der Waals surface area contributed by atoms with Gasteiger partial charge in [0.1, 0.15) is 11.6 Å². The zero-order chi connectivity index (χ0) is 16.4. The van der Waals surface area contributed by atoms with Gasteiger partial charge in [0.15, 0.2) is 0 Å². The molecule has 4 rings (SSSR count). The average molecular weight is 320 g/mol. The molecule has 0 radical (unpaired) electrons. The molecular formula is C19H20N4O. The van der Waals surface area contributed by atoms with Crippen molar-refractivity contribution in [3.8, 4) is 5.75 Å². The topological polar surface area (TPSA) is 61.3 Å². The lowest BCUT2D eigenvalue weighted by atomic mass is 10.1. The summed E-state index contributed by atoms with van der Waals surface area (Å²) in [7, 11) is 0. The van der Waals surface area contributed by atoms with Crippen LogP contribution in [0.5, 0.6) is 5.75 Å². The number of rotatable bonds is 4. The molecule has 0 spiro atoms. The molecule has 2 N–H and O–H groups in total. The van der Waals surface area contributed by atoms with Crippen molar-refractivity contribution in [2.45, 2.75) is 19.4 Å². The summed E-state index contributed by atoms with van der Waals surface area (Å²) in [5.74, 6) is 1.04. The molecule has 0 amide bonds. The van der Waals surface area contributed by atoms with Gasteiger partial charge in [-0.25, -0.2) is 4.98 Å². The van der Waals surface area contributed by atoms with Crippen LogP contribution >= 0.6 is 0 Å². The highest BCUT2D eigenvalue weighted by Crippen LogP contribution is 2.26. The van der Waals surface area contributed by atoms with Gasteiger partial charge < -0.3 is 10.4 Å². The molecule has 3 aromatic rings. The zero-order valence-corrected chi connectivity index (χ0v) is 13.4. The summed E-state index contributed by atoms with van der Waals surface area (Å²) >= 11 is 0. The molecule has 2 heterocycles. The van der Waals surface area contributed by atoms with Gasteiger partial charge in [0, 0.05) is 17.8 Å². The van der Waals surface area contributed by atoms with Crippen molar-refractivity contribution in [1.29, 1.82) is 0 Å². The lowest BCUT2D eigenvalue weighted by Crippen LogP contribution is -2.18. The van der Waals surface area contributed by atoms with Crippen LogP contribution in [-0.2, 0) is 6.54 Å². The Balaban J connectivity index is 1.56. The van der Waals surface area contributed by atoms with Crippen LogP contribution in [0.1, 0.15) is 18.4 Å². The van der Waals surface area contributed by atoms with E-state index in [-0.39, 0.29) is 0 Å². The number of aromatic nitrogens is 2. The minimum absolute atomic E-state index is 0.344. The SMILES string of the molecule is Oc1ccc(Nc2cnc3ccccc3n2)cc1CN1CCCC1. The van der Waals surface area contributed by atoms with Crippen LogP contribution in [0.15, 0.2) is 48.7 Å². The van der Waals surface area contributed by atoms with Crippen LogP contribution in [0, 0.1) is 0 Å². The lowest BCUT2D eigenvalue weighted by Gasteiger charge is -2.16. The highest BCUT2D eigenvalue weighted by atomic mass is 16.3. The molecule has 1 aromatic heterocycles. The van der Waals surface area contributed by atoms with Gasteiger partial charge >= 0.3 is 0 Å². The molecule has 1 aliphatic heterocycles. The van der Waals surface area contributed by atoms with E-state index in [2.05, 4.69) is 20.2 Å². The zero-order valence-electron chi connectivity index (χ0n) is 13.4. The van der Waals surface area contributed by atoms with Crippen molar-refractivity contribution < 1.29 is 5.11 Å². The Bertz CT molecular complexity index is 859. The Morgan fingerprint density at radius 2 is 1.83 bits per heavy atom. The van der Waals surface area contributed by atoms with E-state index in [1.165, 1.54) is 12.8 Å². The molecule has 0 atom stereocenters. The fraction of sp³-hybridized carbons (Fsp3) is 0.263. The largest absolute Gasteiger partial charge is 0.508 e. The predicted octanol–water partition coefficient (Wildman–Crippen LogP) is 3.67.